The van der Waals surface area contributed by atoms with Crippen molar-refractivity contribution in [2.75, 3.05) is 39.9 Å². The fourth-order valence-corrected chi connectivity index (χ4v) is 3.48. The summed E-state index contributed by atoms with van der Waals surface area (Å²) >= 11 is 3.45. The highest BCUT2D eigenvalue weighted by Crippen LogP contribution is 2.36. The number of piperidine rings is 1. The van der Waals surface area contributed by atoms with Gasteiger partial charge >= 0.3 is 0 Å². The summed E-state index contributed by atoms with van der Waals surface area (Å²) in [6.07, 6.45) is 4.92. The molecule has 0 spiro atoms. The fraction of sp³-hybridized carbons (Fsp3) is 0.611. The van der Waals surface area contributed by atoms with Crippen LogP contribution in [-0.2, 0) is 0 Å². The third kappa shape index (κ3) is 5.38. The SMILES string of the molecule is CCOc1c(Br)cc(C(=O)NCCCN2CCCCC2)cc1OC. The number of likely N-dealkylation sites (tertiary alicyclic amines) is 1. The van der Waals surface area contributed by atoms with E-state index in [1.165, 1.54) is 32.4 Å². The zero-order valence-corrected chi connectivity index (χ0v) is 16.2. The summed E-state index contributed by atoms with van der Waals surface area (Å²) in [7, 11) is 1.57. The predicted octanol–water partition coefficient (Wildman–Crippen LogP) is 3.46. The van der Waals surface area contributed by atoms with Crippen LogP contribution in [0.1, 0.15) is 43.0 Å². The topological polar surface area (TPSA) is 50.8 Å². The lowest BCUT2D eigenvalue weighted by atomic mass is 10.1. The Morgan fingerprint density at radius 3 is 2.71 bits per heavy atom. The molecule has 1 heterocycles. The molecule has 1 N–H and O–H groups in total. The number of methoxy groups -OCH3 is 1. The van der Waals surface area contributed by atoms with Gasteiger partial charge in [-0.3, -0.25) is 4.79 Å². The Hall–Kier alpha value is -1.27. The minimum absolute atomic E-state index is 0.0873. The highest BCUT2D eigenvalue weighted by atomic mass is 79.9. The molecule has 1 amide bonds. The van der Waals surface area contributed by atoms with Crippen LogP contribution in [0.3, 0.4) is 0 Å². The maximum Gasteiger partial charge on any atom is 0.251 e. The first-order valence-electron chi connectivity index (χ1n) is 8.66. The van der Waals surface area contributed by atoms with Gasteiger partial charge in [-0.2, -0.15) is 0 Å². The van der Waals surface area contributed by atoms with Gasteiger partial charge in [-0.05, 0) is 73.9 Å². The number of halogens is 1. The van der Waals surface area contributed by atoms with E-state index in [0.29, 0.717) is 30.2 Å². The number of hydrogen-bond acceptors (Lipinski definition) is 4. The summed E-state index contributed by atoms with van der Waals surface area (Å²) in [5.74, 6) is 1.10. The summed E-state index contributed by atoms with van der Waals surface area (Å²) in [6, 6.07) is 3.49. The molecule has 1 aliphatic heterocycles. The molecule has 2 rings (SSSR count). The molecule has 0 aliphatic carbocycles. The molecule has 0 bridgehead atoms. The lowest BCUT2D eigenvalue weighted by molar-refractivity contribution is 0.0950. The molecule has 0 aromatic heterocycles. The van der Waals surface area contributed by atoms with Gasteiger partial charge in [-0.25, -0.2) is 0 Å². The Labute approximate surface area is 152 Å². The van der Waals surface area contributed by atoms with Crippen LogP contribution < -0.4 is 14.8 Å². The molecule has 1 aromatic rings. The minimum atomic E-state index is -0.0873. The van der Waals surface area contributed by atoms with Gasteiger partial charge in [-0.15, -0.1) is 0 Å². The minimum Gasteiger partial charge on any atom is -0.493 e. The quantitative estimate of drug-likeness (QED) is 0.681. The first-order chi connectivity index (χ1) is 11.7. The average molecular weight is 399 g/mol. The molecule has 1 saturated heterocycles. The number of carbonyl (C=O) groups is 1. The summed E-state index contributed by atoms with van der Waals surface area (Å²) in [4.78, 5) is 14.8. The van der Waals surface area contributed by atoms with Gasteiger partial charge in [0.05, 0.1) is 18.2 Å². The molecule has 0 unspecified atom stereocenters. The lowest BCUT2D eigenvalue weighted by Crippen LogP contribution is -2.33. The van der Waals surface area contributed by atoms with Gasteiger partial charge < -0.3 is 19.7 Å². The van der Waals surface area contributed by atoms with Crippen LogP contribution in [0.4, 0.5) is 0 Å². The number of hydrogen-bond donors (Lipinski definition) is 1. The average Bonchev–Trinajstić information content (AvgIpc) is 2.61. The Bertz CT molecular complexity index is 545. The Kier molecular flexibility index (Phi) is 7.85. The first kappa shape index (κ1) is 19.1. The van der Waals surface area contributed by atoms with Crippen LogP contribution in [0.15, 0.2) is 16.6 Å². The number of nitrogens with one attached hydrogen (secondary N) is 1. The van der Waals surface area contributed by atoms with Gasteiger partial charge in [0.2, 0.25) is 0 Å². The Morgan fingerprint density at radius 2 is 2.04 bits per heavy atom. The second-order valence-electron chi connectivity index (χ2n) is 5.93. The van der Waals surface area contributed by atoms with Crippen LogP contribution in [0.25, 0.3) is 0 Å². The van der Waals surface area contributed by atoms with Gasteiger partial charge in [0, 0.05) is 12.1 Å². The molecular formula is C18H27BrN2O3. The van der Waals surface area contributed by atoms with Gasteiger partial charge in [0.1, 0.15) is 0 Å². The molecule has 0 radical (unpaired) electrons. The van der Waals surface area contributed by atoms with E-state index < -0.39 is 0 Å². The molecule has 24 heavy (non-hydrogen) atoms. The lowest BCUT2D eigenvalue weighted by Gasteiger charge is -2.26. The maximum atomic E-state index is 12.3. The number of nitrogens with zero attached hydrogens (tertiary/aromatic N) is 1. The van der Waals surface area contributed by atoms with Crippen molar-refractivity contribution < 1.29 is 14.3 Å². The van der Waals surface area contributed by atoms with Crippen LogP contribution in [0.5, 0.6) is 11.5 Å². The number of ether oxygens (including phenoxy) is 2. The molecular weight excluding hydrogens is 372 g/mol. The Balaban J connectivity index is 1.86. The summed E-state index contributed by atoms with van der Waals surface area (Å²) in [6.45, 7) is 6.57. The molecule has 5 nitrogen and oxygen atoms in total. The van der Waals surface area contributed by atoms with E-state index >= 15 is 0 Å². The molecule has 1 fully saturated rings. The molecule has 0 atom stereocenters. The van der Waals surface area contributed by atoms with E-state index in [1.54, 1.807) is 19.2 Å². The summed E-state index contributed by atoms with van der Waals surface area (Å²) < 4.78 is 11.6. The number of rotatable bonds is 8. The van der Waals surface area contributed by atoms with E-state index in [-0.39, 0.29) is 5.91 Å². The molecule has 0 saturated carbocycles. The zero-order valence-electron chi connectivity index (χ0n) is 14.6. The molecule has 134 valence electrons. The first-order valence-corrected chi connectivity index (χ1v) is 9.46. The van der Waals surface area contributed by atoms with Gasteiger partial charge in [0.15, 0.2) is 11.5 Å². The van der Waals surface area contributed by atoms with Crippen LogP contribution in [-0.4, -0.2) is 50.7 Å². The third-order valence-electron chi connectivity index (χ3n) is 4.17. The smallest absolute Gasteiger partial charge is 0.251 e. The van der Waals surface area contributed by atoms with Crippen molar-refractivity contribution in [3.8, 4) is 11.5 Å². The van der Waals surface area contributed by atoms with E-state index in [1.807, 2.05) is 6.92 Å². The van der Waals surface area contributed by atoms with E-state index in [4.69, 9.17) is 9.47 Å². The third-order valence-corrected chi connectivity index (χ3v) is 4.75. The van der Waals surface area contributed by atoms with Crippen molar-refractivity contribution >= 4 is 21.8 Å². The van der Waals surface area contributed by atoms with Crippen LogP contribution in [0, 0.1) is 0 Å². The number of amides is 1. The van der Waals surface area contributed by atoms with Crippen molar-refractivity contribution in [3.05, 3.63) is 22.2 Å². The monoisotopic (exact) mass is 398 g/mol. The largest absolute Gasteiger partial charge is 0.493 e. The van der Waals surface area contributed by atoms with Crippen molar-refractivity contribution in [3.63, 3.8) is 0 Å². The standard InChI is InChI=1S/C18H27BrN2O3/c1-3-24-17-15(19)12-14(13-16(17)23-2)18(22)20-8-7-11-21-9-5-4-6-10-21/h12-13H,3-11H2,1-2H3,(H,20,22). The van der Waals surface area contributed by atoms with E-state index in [2.05, 4.69) is 26.1 Å². The highest BCUT2D eigenvalue weighted by molar-refractivity contribution is 9.10. The van der Waals surface area contributed by atoms with E-state index in [9.17, 15) is 4.79 Å². The van der Waals surface area contributed by atoms with Crippen molar-refractivity contribution in [2.24, 2.45) is 0 Å². The van der Waals surface area contributed by atoms with Gasteiger partial charge in [-0.1, -0.05) is 6.42 Å². The van der Waals surface area contributed by atoms with Crippen molar-refractivity contribution in [2.45, 2.75) is 32.6 Å². The molecule has 6 heteroatoms. The second-order valence-corrected chi connectivity index (χ2v) is 6.79. The molecule has 1 aromatic carbocycles. The van der Waals surface area contributed by atoms with Crippen LogP contribution >= 0.6 is 15.9 Å². The zero-order chi connectivity index (χ0) is 17.4. The van der Waals surface area contributed by atoms with Crippen molar-refractivity contribution in [1.29, 1.82) is 0 Å². The molecule has 1 aliphatic rings. The second kappa shape index (κ2) is 9.89. The van der Waals surface area contributed by atoms with Crippen molar-refractivity contribution in [1.82, 2.24) is 10.2 Å². The Morgan fingerprint density at radius 1 is 1.29 bits per heavy atom. The summed E-state index contributed by atoms with van der Waals surface area (Å²) in [5.41, 5.74) is 0.570. The summed E-state index contributed by atoms with van der Waals surface area (Å²) in [5, 5.41) is 2.99. The fourth-order valence-electron chi connectivity index (χ4n) is 2.92. The van der Waals surface area contributed by atoms with Crippen LogP contribution in [0.2, 0.25) is 0 Å². The van der Waals surface area contributed by atoms with Gasteiger partial charge in [0.25, 0.3) is 5.91 Å². The predicted molar refractivity (Wildman–Crippen MR) is 99.1 cm³/mol. The number of carbonyl (C=O) groups excluding carboxylic acids is 1. The number of benzene rings is 1. The van der Waals surface area contributed by atoms with E-state index in [0.717, 1.165) is 17.4 Å². The highest BCUT2D eigenvalue weighted by Gasteiger charge is 2.15. The normalized spacial score (nSPS) is 15.1. The maximum absolute atomic E-state index is 12.3.